The number of hydrogen-bond acceptors (Lipinski definition) is 4. The molecule has 1 aromatic carbocycles. The van der Waals surface area contributed by atoms with Crippen molar-refractivity contribution in [3.8, 4) is 5.75 Å². The highest BCUT2D eigenvalue weighted by Crippen LogP contribution is 2.30. The number of methoxy groups -OCH3 is 1. The summed E-state index contributed by atoms with van der Waals surface area (Å²) in [5.74, 6) is 1.44. The van der Waals surface area contributed by atoms with Crippen molar-refractivity contribution in [3.63, 3.8) is 0 Å². The summed E-state index contributed by atoms with van der Waals surface area (Å²) < 4.78 is 17.0. The van der Waals surface area contributed by atoms with Crippen LogP contribution in [0.4, 0.5) is 0 Å². The van der Waals surface area contributed by atoms with E-state index >= 15 is 0 Å². The summed E-state index contributed by atoms with van der Waals surface area (Å²) in [6.07, 6.45) is 1.18. The van der Waals surface area contributed by atoms with Gasteiger partial charge in [-0.25, -0.2) is 0 Å². The molecule has 4 nitrogen and oxygen atoms in total. The average molecular weight is 293 g/mol. The van der Waals surface area contributed by atoms with Gasteiger partial charge in [-0.2, -0.15) is 0 Å². The van der Waals surface area contributed by atoms with Crippen LogP contribution < -0.4 is 10.1 Å². The van der Waals surface area contributed by atoms with Crippen LogP contribution >= 0.6 is 0 Å². The van der Waals surface area contributed by atoms with Crippen molar-refractivity contribution in [2.75, 3.05) is 27.4 Å². The fraction of sp³-hybridized carbons (Fsp3) is 0.647. The van der Waals surface area contributed by atoms with Crippen LogP contribution in [0, 0.1) is 0 Å². The van der Waals surface area contributed by atoms with Crippen LogP contribution in [-0.2, 0) is 9.47 Å². The van der Waals surface area contributed by atoms with E-state index in [4.69, 9.17) is 14.2 Å². The van der Waals surface area contributed by atoms with Crippen molar-refractivity contribution in [2.45, 2.75) is 44.4 Å². The minimum atomic E-state index is 0.0906. The van der Waals surface area contributed by atoms with Crippen LogP contribution in [0.2, 0.25) is 0 Å². The molecule has 0 heterocycles. The zero-order valence-corrected chi connectivity index (χ0v) is 13.5. The van der Waals surface area contributed by atoms with E-state index in [1.807, 2.05) is 13.1 Å². The largest absolute Gasteiger partial charge is 0.488 e. The molecular formula is C17H27NO3. The molecule has 1 aliphatic carbocycles. The lowest BCUT2D eigenvalue weighted by molar-refractivity contribution is -0.114. The van der Waals surface area contributed by atoms with Gasteiger partial charge >= 0.3 is 0 Å². The Kier molecular flexibility index (Phi) is 6.03. The fourth-order valence-corrected chi connectivity index (χ4v) is 2.59. The number of nitrogens with one attached hydrogen (secondary N) is 1. The fourth-order valence-electron chi connectivity index (χ4n) is 2.59. The lowest BCUT2D eigenvalue weighted by Gasteiger charge is -2.43. The summed E-state index contributed by atoms with van der Waals surface area (Å²) in [5.41, 5.74) is 1.30. The van der Waals surface area contributed by atoms with Gasteiger partial charge in [-0.1, -0.05) is 26.0 Å². The smallest absolute Gasteiger partial charge is 0.128 e. The molecule has 0 saturated heterocycles. The van der Waals surface area contributed by atoms with Crippen molar-refractivity contribution in [3.05, 3.63) is 29.8 Å². The first-order valence-corrected chi connectivity index (χ1v) is 7.70. The minimum absolute atomic E-state index is 0.0906. The van der Waals surface area contributed by atoms with Gasteiger partial charge in [-0.05, 0) is 30.7 Å². The molecular weight excluding hydrogens is 266 g/mol. The van der Waals surface area contributed by atoms with Gasteiger partial charge in [0, 0.05) is 19.6 Å². The van der Waals surface area contributed by atoms with Crippen molar-refractivity contribution < 1.29 is 14.2 Å². The lowest BCUT2D eigenvalue weighted by atomic mass is 9.85. The van der Waals surface area contributed by atoms with Gasteiger partial charge in [-0.15, -0.1) is 0 Å². The van der Waals surface area contributed by atoms with Crippen LogP contribution in [-0.4, -0.2) is 45.6 Å². The Morgan fingerprint density at radius 3 is 2.76 bits per heavy atom. The van der Waals surface area contributed by atoms with Gasteiger partial charge in [-0.3, -0.25) is 0 Å². The summed E-state index contributed by atoms with van der Waals surface area (Å²) in [6, 6.07) is 8.70. The Hall–Kier alpha value is -1.10. The summed E-state index contributed by atoms with van der Waals surface area (Å²) >= 11 is 0. The molecule has 1 fully saturated rings. The van der Waals surface area contributed by atoms with Gasteiger partial charge in [0.15, 0.2) is 0 Å². The predicted molar refractivity (Wildman–Crippen MR) is 84.0 cm³/mol. The van der Waals surface area contributed by atoms with E-state index in [9.17, 15) is 0 Å². The van der Waals surface area contributed by atoms with Gasteiger partial charge in [0.2, 0.25) is 0 Å². The molecule has 1 N–H and O–H groups in total. The summed E-state index contributed by atoms with van der Waals surface area (Å²) in [4.78, 5) is 0. The Morgan fingerprint density at radius 2 is 2.10 bits per heavy atom. The van der Waals surface area contributed by atoms with Crippen molar-refractivity contribution >= 4 is 0 Å². The molecule has 3 atom stereocenters. The molecule has 1 aliphatic rings. The number of rotatable bonds is 8. The zero-order valence-electron chi connectivity index (χ0n) is 13.5. The van der Waals surface area contributed by atoms with Crippen molar-refractivity contribution in [1.82, 2.24) is 5.32 Å². The molecule has 0 amide bonds. The van der Waals surface area contributed by atoms with Crippen LogP contribution in [0.25, 0.3) is 0 Å². The average Bonchev–Trinajstić information content (AvgIpc) is 2.47. The molecule has 1 saturated carbocycles. The summed E-state index contributed by atoms with van der Waals surface area (Å²) in [6.45, 7) is 5.60. The van der Waals surface area contributed by atoms with E-state index < -0.39 is 0 Å². The molecule has 3 unspecified atom stereocenters. The highest BCUT2D eigenvalue weighted by atomic mass is 16.6. The van der Waals surface area contributed by atoms with Crippen LogP contribution in [0.3, 0.4) is 0 Å². The SMILES string of the molecule is CNC1CC(Oc2cccc(C(C)C)c2)C1OCCOC. The number of benzene rings is 1. The maximum atomic E-state index is 6.11. The van der Waals surface area contributed by atoms with Gasteiger partial charge < -0.3 is 19.5 Å². The topological polar surface area (TPSA) is 39.7 Å². The van der Waals surface area contributed by atoms with Gasteiger partial charge in [0.1, 0.15) is 18.0 Å². The first-order chi connectivity index (χ1) is 10.2. The van der Waals surface area contributed by atoms with Crippen LogP contribution in [0.15, 0.2) is 24.3 Å². The summed E-state index contributed by atoms with van der Waals surface area (Å²) in [7, 11) is 3.65. The quantitative estimate of drug-likeness (QED) is 0.748. The second-order valence-corrected chi connectivity index (χ2v) is 5.84. The number of ether oxygens (including phenoxy) is 3. The molecule has 0 aromatic heterocycles. The molecule has 0 bridgehead atoms. The monoisotopic (exact) mass is 293 g/mol. The molecule has 0 aliphatic heterocycles. The third kappa shape index (κ3) is 4.19. The second-order valence-electron chi connectivity index (χ2n) is 5.84. The maximum Gasteiger partial charge on any atom is 0.128 e. The Labute approximate surface area is 127 Å². The maximum absolute atomic E-state index is 6.11. The second kappa shape index (κ2) is 7.78. The standard InChI is InChI=1S/C17H27NO3/c1-12(2)13-6-5-7-14(10-13)21-16-11-15(18-3)17(16)20-9-8-19-4/h5-7,10,12,15-18H,8-9,11H2,1-4H3. The van der Waals surface area contributed by atoms with E-state index in [1.165, 1.54) is 5.56 Å². The first-order valence-electron chi connectivity index (χ1n) is 7.70. The Balaban J connectivity index is 1.93. The predicted octanol–water partition coefficient (Wildman–Crippen LogP) is 2.58. The van der Waals surface area contributed by atoms with E-state index in [0.29, 0.717) is 25.2 Å². The molecule has 0 spiro atoms. The third-order valence-corrected chi connectivity index (χ3v) is 4.03. The normalized spacial score (nSPS) is 24.9. The first kappa shape index (κ1) is 16.3. The number of hydrogen-bond donors (Lipinski definition) is 1. The molecule has 4 heteroatoms. The molecule has 0 radical (unpaired) electrons. The van der Waals surface area contributed by atoms with Crippen molar-refractivity contribution in [1.29, 1.82) is 0 Å². The Morgan fingerprint density at radius 1 is 1.29 bits per heavy atom. The Bertz CT molecular complexity index is 436. The van der Waals surface area contributed by atoms with E-state index in [0.717, 1.165) is 12.2 Å². The highest BCUT2D eigenvalue weighted by Gasteiger charge is 2.43. The minimum Gasteiger partial charge on any atom is -0.488 e. The molecule has 118 valence electrons. The van der Waals surface area contributed by atoms with E-state index in [2.05, 4.69) is 37.4 Å². The zero-order chi connectivity index (χ0) is 15.2. The lowest BCUT2D eigenvalue weighted by Crippen LogP contribution is -2.60. The van der Waals surface area contributed by atoms with Gasteiger partial charge in [0.25, 0.3) is 0 Å². The molecule has 1 aromatic rings. The molecule has 2 rings (SSSR count). The third-order valence-electron chi connectivity index (χ3n) is 4.03. The van der Waals surface area contributed by atoms with Crippen LogP contribution in [0.5, 0.6) is 5.75 Å². The van der Waals surface area contributed by atoms with E-state index in [-0.39, 0.29) is 12.2 Å². The summed E-state index contributed by atoms with van der Waals surface area (Å²) in [5, 5.41) is 3.28. The van der Waals surface area contributed by atoms with Gasteiger partial charge in [0.05, 0.1) is 13.2 Å². The van der Waals surface area contributed by atoms with Crippen molar-refractivity contribution in [2.24, 2.45) is 0 Å². The van der Waals surface area contributed by atoms with Crippen LogP contribution in [0.1, 0.15) is 31.7 Å². The molecule has 21 heavy (non-hydrogen) atoms. The van der Waals surface area contributed by atoms with E-state index in [1.54, 1.807) is 7.11 Å². The number of likely N-dealkylation sites (N-methyl/N-ethyl adjacent to an activating group) is 1. The highest BCUT2D eigenvalue weighted by molar-refractivity contribution is 5.30.